The average Bonchev–Trinajstić information content (AvgIpc) is 2.98. The molecule has 0 atom stereocenters. The molecule has 1 fully saturated rings. The number of benzene rings is 1. The predicted octanol–water partition coefficient (Wildman–Crippen LogP) is 1.64. The maximum atomic E-state index is 12.9. The molecule has 7 heteroatoms. The van der Waals surface area contributed by atoms with Gasteiger partial charge in [-0.2, -0.15) is 0 Å². The topological polar surface area (TPSA) is 75.0 Å². The van der Waals surface area contributed by atoms with Gasteiger partial charge in [0.05, 0.1) is 13.7 Å². The first-order valence-corrected chi connectivity index (χ1v) is 8.89. The van der Waals surface area contributed by atoms with E-state index >= 15 is 0 Å². The molecule has 1 aliphatic rings. The molecule has 1 N–H and O–H groups in total. The molecule has 3 rings (SSSR count). The van der Waals surface area contributed by atoms with Crippen LogP contribution < -0.4 is 10.1 Å². The van der Waals surface area contributed by atoms with Crippen LogP contribution in [0.15, 0.2) is 22.6 Å². The number of piperazine rings is 1. The van der Waals surface area contributed by atoms with Crippen LogP contribution in [0.3, 0.4) is 0 Å². The van der Waals surface area contributed by atoms with Crippen molar-refractivity contribution in [3.05, 3.63) is 29.5 Å². The van der Waals surface area contributed by atoms with E-state index in [0.717, 1.165) is 16.7 Å². The molecule has 0 spiro atoms. The zero-order valence-corrected chi connectivity index (χ0v) is 15.5. The number of carbonyl (C=O) groups is 2. The Kier molecular flexibility index (Phi) is 5.46. The van der Waals surface area contributed by atoms with Crippen LogP contribution in [0.1, 0.15) is 23.0 Å². The molecular formula is C19H25N3O4. The lowest BCUT2D eigenvalue weighted by Crippen LogP contribution is -2.51. The van der Waals surface area contributed by atoms with E-state index in [-0.39, 0.29) is 11.8 Å². The number of ether oxygens (including phenoxy) is 1. The smallest absolute Gasteiger partial charge is 0.289 e. The van der Waals surface area contributed by atoms with Gasteiger partial charge in [-0.25, -0.2) is 0 Å². The Morgan fingerprint density at radius 1 is 1.23 bits per heavy atom. The van der Waals surface area contributed by atoms with Crippen LogP contribution in [0.4, 0.5) is 0 Å². The molecule has 0 aliphatic carbocycles. The van der Waals surface area contributed by atoms with E-state index in [9.17, 15) is 9.59 Å². The van der Waals surface area contributed by atoms with Gasteiger partial charge >= 0.3 is 0 Å². The van der Waals surface area contributed by atoms with Gasteiger partial charge in [-0.15, -0.1) is 0 Å². The number of hydrogen-bond acceptors (Lipinski definition) is 5. The van der Waals surface area contributed by atoms with Crippen molar-refractivity contribution in [1.82, 2.24) is 15.1 Å². The van der Waals surface area contributed by atoms with Gasteiger partial charge < -0.3 is 19.4 Å². The van der Waals surface area contributed by atoms with E-state index in [1.54, 1.807) is 12.0 Å². The van der Waals surface area contributed by atoms with Gasteiger partial charge in [0.1, 0.15) is 11.3 Å². The van der Waals surface area contributed by atoms with Crippen molar-refractivity contribution in [3.8, 4) is 5.75 Å². The fourth-order valence-corrected chi connectivity index (χ4v) is 3.24. The molecule has 7 nitrogen and oxygen atoms in total. The molecule has 1 aromatic heterocycles. The van der Waals surface area contributed by atoms with Crippen LogP contribution in [-0.4, -0.2) is 68.0 Å². The number of furan rings is 1. The van der Waals surface area contributed by atoms with E-state index in [0.29, 0.717) is 50.6 Å². The third kappa shape index (κ3) is 3.67. The number of rotatable bonds is 5. The molecular weight excluding hydrogens is 334 g/mol. The van der Waals surface area contributed by atoms with Crippen LogP contribution in [0.5, 0.6) is 5.75 Å². The fraction of sp³-hybridized carbons (Fsp3) is 0.474. The van der Waals surface area contributed by atoms with Crippen molar-refractivity contribution >= 4 is 22.8 Å². The van der Waals surface area contributed by atoms with Gasteiger partial charge in [0.15, 0.2) is 5.76 Å². The number of aryl methyl sites for hydroxylation is 1. The minimum atomic E-state index is -0.102. The fourth-order valence-electron chi connectivity index (χ4n) is 3.24. The van der Waals surface area contributed by atoms with Crippen molar-refractivity contribution in [2.24, 2.45) is 0 Å². The summed E-state index contributed by atoms with van der Waals surface area (Å²) in [7, 11) is 1.61. The highest BCUT2D eigenvalue weighted by Crippen LogP contribution is 2.29. The Labute approximate surface area is 152 Å². The Bertz CT molecular complexity index is 806. The van der Waals surface area contributed by atoms with Gasteiger partial charge in [-0.3, -0.25) is 14.5 Å². The lowest BCUT2D eigenvalue weighted by Gasteiger charge is -2.33. The molecule has 2 aromatic rings. The summed E-state index contributed by atoms with van der Waals surface area (Å²) < 4.78 is 11.1. The van der Waals surface area contributed by atoms with Crippen LogP contribution >= 0.6 is 0 Å². The van der Waals surface area contributed by atoms with Crippen LogP contribution in [0, 0.1) is 6.92 Å². The minimum absolute atomic E-state index is 0.0225. The number of carbonyl (C=O) groups excluding carboxylic acids is 2. The summed E-state index contributed by atoms with van der Waals surface area (Å²) >= 11 is 0. The summed E-state index contributed by atoms with van der Waals surface area (Å²) in [6.45, 7) is 7.32. The van der Waals surface area contributed by atoms with Crippen molar-refractivity contribution in [1.29, 1.82) is 0 Å². The Hall–Kier alpha value is -2.54. The molecule has 1 aliphatic heterocycles. The van der Waals surface area contributed by atoms with E-state index in [1.807, 2.05) is 32.0 Å². The quantitative estimate of drug-likeness (QED) is 0.878. The number of likely N-dealkylation sites (N-methyl/N-ethyl adjacent to an activating group) is 1. The molecule has 0 saturated carbocycles. The van der Waals surface area contributed by atoms with Crippen molar-refractivity contribution in [2.45, 2.75) is 13.8 Å². The number of fused-ring (bicyclic) bond motifs is 1. The molecule has 2 amide bonds. The van der Waals surface area contributed by atoms with Gasteiger partial charge in [-0.05, 0) is 32.0 Å². The Balaban J connectivity index is 1.68. The summed E-state index contributed by atoms with van der Waals surface area (Å²) in [4.78, 5) is 28.4. The van der Waals surface area contributed by atoms with Crippen LogP contribution in [0.2, 0.25) is 0 Å². The molecule has 0 radical (unpaired) electrons. The van der Waals surface area contributed by atoms with Crippen molar-refractivity contribution < 1.29 is 18.7 Å². The molecule has 26 heavy (non-hydrogen) atoms. The highest BCUT2D eigenvalue weighted by molar-refractivity contribution is 5.99. The lowest BCUT2D eigenvalue weighted by atomic mass is 10.1. The number of methoxy groups -OCH3 is 1. The third-order valence-electron chi connectivity index (χ3n) is 4.74. The van der Waals surface area contributed by atoms with E-state index in [1.165, 1.54) is 0 Å². The summed E-state index contributed by atoms with van der Waals surface area (Å²) in [6.07, 6.45) is 0. The number of hydrogen-bond donors (Lipinski definition) is 1. The molecule has 140 valence electrons. The van der Waals surface area contributed by atoms with E-state index in [2.05, 4.69) is 10.2 Å². The zero-order chi connectivity index (χ0) is 18.7. The molecule has 2 heterocycles. The third-order valence-corrected chi connectivity index (χ3v) is 4.74. The Morgan fingerprint density at radius 3 is 2.62 bits per heavy atom. The van der Waals surface area contributed by atoms with Gasteiger partial charge in [0.2, 0.25) is 5.91 Å². The average molecular weight is 359 g/mol. The van der Waals surface area contributed by atoms with Crippen LogP contribution in [0.25, 0.3) is 11.0 Å². The summed E-state index contributed by atoms with van der Waals surface area (Å²) in [5.74, 6) is 1.04. The Morgan fingerprint density at radius 2 is 1.96 bits per heavy atom. The van der Waals surface area contributed by atoms with Gasteiger partial charge in [0.25, 0.3) is 5.91 Å². The monoisotopic (exact) mass is 359 g/mol. The van der Waals surface area contributed by atoms with E-state index in [4.69, 9.17) is 9.15 Å². The first-order valence-electron chi connectivity index (χ1n) is 8.89. The van der Waals surface area contributed by atoms with Crippen molar-refractivity contribution in [3.63, 3.8) is 0 Å². The second kappa shape index (κ2) is 7.78. The van der Waals surface area contributed by atoms with E-state index < -0.39 is 0 Å². The van der Waals surface area contributed by atoms with Gasteiger partial charge in [0, 0.05) is 43.7 Å². The van der Waals surface area contributed by atoms with Crippen molar-refractivity contribution in [2.75, 3.05) is 46.4 Å². The van der Waals surface area contributed by atoms with Crippen LogP contribution in [-0.2, 0) is 4.79 Å². The molecule has 1 aromatic carbocycles. The number of amides is 2. The summed E-state index contributed by atoms with van der Waals surface area (Å²) in [6, 6.07) is 5.52. The SMILES string of the molecule is CCNC(=O)CN1CCN(C(=O)c2oc3ccc(OC)cc3c2C)CC1. The maximum absolute atomic E-state index is 12.9. The molecule has 0 bridgehead atoms. The second-order valence-electron chi connectivity index (χ2n) is 6.44. The predicted molar refractivity (Wildman–Crippen MR) is 98.5 cm³/mol. The normalized spacial score (nSPS) is 15.3. The first kappa shape index (κ1) is 18.3. The minimum Gasteiger partial charge on any atom is -0.497 e. The lowest BCUT2D eigenvalue weighted by molar-refractivity contribution is -0.122. The largest absolute Gasteiger partial charge is 0.497 e. The number of nitrogens with zero attached hydrogens (tertiary/aromatic N) is 2. The molecule has 1 saturated heterocycles. The van der Waals surface area contributed by atoms with Gasteiger partial charge in [-0.1, -0.05) is 0 Å². The summed E-state index contributed by atoms with van der Waals surface area (Å²) in [5.41, 5.74) is 1.51. The standard InChI is InChI=1S/C19H25N3O4/c1-4-20-17(23)12-21-7-9-22(10-8-21)19(24)18-13(2)15-11-14(25-3)5-6-16(15)26-18/h5-6,11H,4,7-10,12H2,1-3H3,(H,20,23). The highest BCUT2D eigenvalue weighted by Gasteiger charge is 2.27. The summed E-state index contributed by atoms with van der Waals surface area (Å²) in [5, 5.41) is 3.69. The molecule has 0 unspecified atom stereocenters. The second-order valence-corrected chi connectivity index (χ2v) is 6.44. The first-order chi connectivity index (χ1) is 12.5. The highest BCUT2D eigenvalue weighted by atomic mass is 16.5. The maximum Gasteiger partial charge on any atom is 0.289 e. The number of nitrogens with one attached hydrogen (secondary N) is 1. The zero-order valence-electron chi connectivity index (χ0n) is 15.5.